The van der Waals surface area contributed by atoms with Gasteiger partial charge in [0.05, 0.1) is 5.69 Å². The van der Waals surface area contributed by atoms with Crippen molar-refractivity contribution in [2.45, 2.75) is 13.3 Å². The average molecular weight is 221 g/mol. The highest BCUT2D eigenvalue weighted by atomic mass is 35.5. The fourth-order valence-electron chi connectivity index (χ4n) is 1.02. The molecule has 0 saturated carbocycles. The van der Waals surface area contributed by atoms with E-state index in [1.165, 1.54) is 13.0 Å². The molecule has 1 aromatic heterocycles. The maximum Gasteiger partial charge on any atom is 0.282 e. The van der Waals surface area contributed by atoms with Crippen LogP contribution in [0.5, 0.6) is 0 Å². The first-order valence-electron chi connectivity index (χ1n) is 3.68. The van der Waals surface area contributed by atoms with Crippen molar-refractivity contribution in [3.8, 4) is 0 Å². The predicted octanol–water partition coefficient (Wildman–Crippen LogP) is 2.29. The number of nitrogen functional groups attached to an aromatic ring is 1. The topological polar surface area (TPSA) is 56.0 Å². The van der Waals surface area contributed by atoms with Crippen LogP contribution in [0.1, 0.15) is 28.2 Å². The minimum atomic E-state index is -2.81. The van der Waals surface area contributed by atoms with Crippen molar-refractivity contribution in [1.82, 2.24) is 4.98 Å². The van der Waals surface area contributed by atoms with E-state index in [1.807, 2.05) is 0 Å². The van der Waals surface area contributed by atoms with E-state index in [9.17, 15) is 13.6 Å². The molecule has 0 radical (unpaired) electrons. The van der Waals surface area contributed by atoms with Crippen molar-refractivity contribution < 1.29 is 13.6 Å². The molecule has 0 aromatic carbocycles. The van der Waals surface area contributed by atoms with Gasteiger partial charge < -0.3 is 5.73 Å². The number of halogens is 3. The lowest BCUT2D eigenvalue weighted by Gasteiger charge is -2.07. The first-order chi connectivity index (χ1) is 6.43. The number of hydrogen-bond donors (Lipinski definition) is 1. The number of nitrogens with zero attached hydrogens (tertiary/aromatic N) is 1. The van der Waals surface area contributed by atoms with Gasteiger partial charge in [0.1, 0.15) is 11.4 Å². The Labute approximate surface area is 83.9 Å². The molecule has 14 heavy (non-hydrogen) atoms. The highest BCUT2D eigenvalue weighted by molar-refractivity contribution is 6.67. The summed E-state index contributed by atoms with van der Waals surface area (Å²) in [6.45, 7) is 1.52. The van der Waals surface area contributed by atoms with Crippen LogP contribution in [-0.4, -0.2) is 10.2 Å². The zero-order valence-corrected chi connectivity index (χ0v) is 7.98. The van der Waals surface area contributed by atoms with Crippen molar-refractivity contribution in [3.05, 3.63) is 23.0 Å². The van der Waals surface area contributed by atoms with Crippen molar-refractivity contribution in [3.63, 3.8) is 0 Å². The van der Waals surface area contributed by atoms with E-state index in [0.29, 0.717) is 5.56 Å². The Morgan fingerprint density at radius 2 is 2.21 bits per heavy atom. The lowest BCUT2D eigenvalue weighted by Crippen LogP contribution is -2.06. The van der Waals surface area contributed by atoms with Crippen molar-refractivity contribution >= 4 is 22.5 Å². The molecule has 2 N–H and O–H groups in total. The van der Waals surface area contributed by atoms with Gasteiger partial charge in [-0.15, -0.1) is 0 Å². The van der Waals surface area contributed by atoms with Crippen molar-refractivity contribution in [2.24, 2.45) is 0 Å². The summed E-state index contributed by atoms with van der Waals surface area (Å²) in [4.78, 5) is 14.2. The van der Waals surface area contributed by atoms with Gasteiger partial charge in [-0.1, -0.05) is 0 Å². The molecule has 0 unspecified atom stereocenters. The molecule has 0 aliphatic carbocycles. The fourth-order valence-corrected chi connectivity index (χ4v) is 1.21. The van der Waals surface area contributed by atoms with Crippen LogP contribution in [0.3, 0.4) is 0 Å². The van der Waals surface area contributed by atoms with Gasteiger partial charge in [0.2, 0.25) is 0 Å². The standard InChI is InChI=1S/C8H7ClF2N2O/c1-3-2-4(12)6(8(10)11)13-5(3)7(9)14/h2,8H,12H2,1H3. The molecule has 0 spiro atoms. The average Bonchev–Trinajstić information content (AvgIpc) is 2.02. The number of carbonyl (C=O) groups excluding carboxylic acids is 1. The van der Waals surface area contributed by atoms with E-state index in [0.717, 1.165) is 0 Å². The summed E-state index contributed by atoms with van der Waals surface area (Å²) < 4.78 is 24.6. The van der Waals surface area contributed by atoms with Crippen LogP contribution in [0, 0.1) is 6.92 Å². The number of nitrogens with two attached hydrogens (primary N) is 1. The van der Waals surface area contributed by atoms with Gasteiger partial charge in [-0.2, -0.15) is 0 Å². The first kappa shape index (κ1) is 10.8. The zero-order valence-electron chi connectivity index (χ0n) is 7.22. The van der Waals surface area contributed by atoms with Gasteiger partial charge in [-0.3, -0.25) is 4.79 Å². The van der Waals surface area contributed by atoms with E-state index in [1.54, 1.807) is 0 Å². The minimum absolute atomic E-state index is 0.140. The molecule has 0 aliphatic rings. The van der Waals surface area contributed by atoms with Gasteiger partial charge in [-0.25, -0.2) is 13.8 Å². The first-order valence-corrected chi connectivity index (χ1v) is 4.06. The summed E-state index contributed by atoms with van der Waals surface area (Å²) in [6, 6.07) is 1.25. The van der Waals surface area contributed by atoms with E-state index < -0.39 is 17.4 Å². The number of anilines is 1. The highest BCUT2D eigenvalue weighted by Gasteiger charge is 2.18. The third kappa shape index (κ3) is 1.98. The number of pyridine rings is 1. The lowest BCUT2D eigenvalue weighted by atomic mass is 10.2. The van der Waals surface area contributed by atoms with Crippen LogP contribution in [0.15, 0.2) is 6.07 Å². The molecule has 0 aliphatic heterocycles. The Morgan fingerprint density at radius 3 is 2.64 bits per heavy atom. The molecule has 1 aromatic rings. The van der Waals surface area contributed by atoms with Crippen LogP contribution < -0.4 is 5.73 Å². The number of hydrogen-bond acceptors (Lipinski definition) is 3. The zero-order chi connectivity index (χ0) is 10.9. The Kier molecular flexibility index (Phi) is 3.00. The van der Waals surface area contributed by atoms with Crippen LogP contribution in [0.2, 0.25) is 0 Å². The molecule has 0 bridgehead atoms. The number of carbonyl (C=O) groups is 1. The van der Waals surface area contributed by atoms with E-state index in [-0.39, 0.29) is 11.4 Å². The Hall–Kier alpha value is -1.23. The Balaban J connectivity index is 3.34. The van der Waals surface area contributed by atoms with E-state index in [4.69, 9.17) is 17.3 Å². The molecular formula is C8H7ClF2N2O. The largest absolute Gasteiger partial charge is 0.397 e. The molecule has 6 heteroatoms. The summed E-state index contributed by atoms with van der Waals surface area (Å²) >= 11 is 5.15. The molecule has 0 atom stereocenters. The number of alkyl halides is 2. The molecule has 3 nitrogen and oxygen atoms in total. The van der Waals surface area contributed by atoms with Crippen LogP contribution in [0.4, 0.5) is 14.5 Å². The quantitative estimate of drug-likeness (QED) is 0.778. The van der Waals surface area contributed by atoms with Crippen LogP contribution >= 0.6 is 11.6 Å². The second-order valence-electron chi connectivity index (χ2n) is 2.70. The summed E-state index contributed by atoms with van der Waals surface area (Å²) in [6.07, 6.45) is -2.81. The third-order valence-electron chi connectivity index (χ3n) is 1.67. The van der Waals surface area contributed by atoms with Crippen molar-refractivity contribution in [2.75, 3.05) is 5.73 Å². The third-order valence-corrected chi connectivity index (χ3v) is 1.85. The summed E-state index contributed by atoms with van der Waals surface area (Å²) in [5.74, 6) is 0. The van der Waals surface area contributed by atoms with Gasteiger partial charge in [0.25, 0.3) is 11.7 Å². The molecule has 1 rings (SSSR count). The normalized spacial score (nSPS) is 10.6. The molecule has 76 valence electrons. The molecule has 0 amide bonds. The Bertz CT molecular complexity index is 382. The molecule has 0 saturated heterocycles. The maximum absolute atomic E-state index is 12.3. The number of rotatable bonds is 2. The molecular weight excluding hydrogens is 214 g/mol. The highest BCUT2D eigenvalue weighted by Crippen LogP contribution is 2.25. The van der Waals surface area contributed by atoms with Gasteiger partial charge in [0.15, 0.2) is 0 Å². The second kappa shape index (κ2) is 3.88. The van der Waals surface area contributed by atoms with Crippen LogP contribution in [0.25, 0.3) is 0 Å². The summed E-state index contributed by atoms with van der Waals surface area (Å²) in [7, 11) is 0. The summed E-state index contributed by atoms with van der Waals surface area (Å²) in [5, 5.41) is -0.871. The SMILES string of the molecule is Cc1cc(N)c(C(F)F)nc1C(=O)Cl. The smallest absolute Gasteiger partial charge is 0.282 e. The van der Waals surface area contributed by atoms with Gasteiger partial charge in [0, 0.05) is 0 Å². The number of aromatic nitrogens is 1. The maximum atomic E-state index is 12.3. The number of aryl methyl sites for hydroxylation is 1. The van der Waals surface area contributed by atoms with E-state index >= 15 is 0 Å². The van der Waals surface area contributed by atoms with Gasteiger partial charge >= 0.3 is 0 Å². The lowest BCUT2D eigenvalue weighted by molar-refractivity contribution is 0.107. The minimum Gasteiger partial charge on any atom is -0.397 e. The molecule has 1 heterocycles. The van der Waals surface area contributed by atoms with Gasteiger partial charge in [-0.05, 0) is 30.2 Å². The Morgan fingerprint density at radius 1 is 1.64 bits per heavy atom. The monoisotopic (exact) mass is 220 g/mol. The van der Waals surface area contributed by atoms with E-state index in [2.05, 4.69) is 4.98 Å². The van der Waals surface area contributed by atoms with Crippen LogP contribution in [-0.2, 0) is 0 Å². The predicted molar refractivity (Wildman–Crippen MR) is 48.5 cm³/mol. The second-order valence-corrected chi connectivity index (χ2v) is 3.05. The summed E-state index contributed by atoms with van der Waals surface area (Å²) in [5.41, 5.74) is 4.74. The molecule has 0 fully saturated rings. The fraction of sp³-hybridized carbons (Fsp3) is 0.250. The van der Waals surface area contributed by atoms with Crippen molar-refractivity contribution in [1.29, 1.82) is 0 Å².